The lowest BCUT2D eigenvalue weighted by Gasteiger charge is -2.12. The number of nitriles is 1. The van der Waals surface area contributed by atoms with Crippen LogP contribution in [0.25, 0.3) is 10.8 Å². The second kappa shape index (κ2) is 5.49. The summed E-state index contributed by atoms with van der Waals surface area (Å²) in [4.78, 5) is 16.6. The summed E-state index contributed by atoms with van der Waals surface area (Å²) in [5.41, 5.74) is 0.882. The number of hydrogen-bond donors (Lipinski definition) is 2. The maximum atomic E-state index is 13.5. The summed E-state index contributed by atoms with van der Waals surface area (Å²) in [5, 5.41) is 23.8. The molecule has 27 heavy (non-hydrogen) atoms. The van der Waals surface area contributed by atoms with E-state index in [9.17, 15) is 19.6 Å². The van der Waals surface area contributed by atoms with Gasteiger partial charge in [-0.15, -0.1) is 0 Å². The summed E-state index contributed by atoms with van der Waals surface area (Å²) in [6.45, 7) is 0. The molecule has 0 unspecified atom stereocenters. The Labute approximate surface area is 156 Å². The fourth-order valence-corrected chi connectivity index (χ4v) is 4.73. The van der Waals surface area contributed by atoms with E-state index in [1.54, 1.807) is 12.3 Å². The van der Waals surface area contributed by atoms with Gasteiger partial charge < -0.3 is 10.4 Å². The maximum Gasteiger partial charge on any atom is 0.228 e. The molecule has 0 aliphatic heterocycles. The van der Waals surface area contributed by atoms with Crippen LogP contribution in [0, 0.1) is 22.7 Å². The number of carbonyl (C=O) groups excluding carboxylic acids is 1. The Morgan fingerprint density at radius 1 is 1.30 bits per heavy atom. The van der Waals surface area contributed by atoms with E-state index in [2.05, 4.69) is 16.4 Å². The smallest absolute Gasteiger partial charge is 0.228 e. The summed E-state index contributed by atoms with van der Waals surface area (Å²) in [5.74, 6) is -0.448. The Balaban J connectivity index is 1.40. The molecular weight excluding hydrogens is 345 g/mol. The molecule has 6 heteroatoms. The number of anilines is 1. The van der Waals surface area contributed by atoms with Gasteiger partial charge in [-0.05, 0) is 60.6 Å². The van der Waals surface area contributed by atoms with Gasteiger partial charge in [0.1, 0.15) is 12.0 Å². The second-order valence-corrected chi connectivity index (χ2v) is 8.35. The van der Waals surface area contributed by atoms with Crippen LogP contribution in [0.1, 0.15) is 37.7 Å². The van der Waals surface area contributed by atoms with Crippen LogP contribution in [0.15, 0.2) is 30.5 Å². The van der Waals surface area contributed by atoms with Crippen molar-refractivity contribution < 1.29 is 14.3 Å². The molecule has 5 nitrogen and oxygen atoms in total. The highest BCUT2D eigenvalue weighted by atomic mass is 19.1. The van der Waals surface area contributed by atoms with Crippen LogP contribution in [0.3, 0.4) is 0 Å². The van der Waals surface area contributed by atoms with E-state index < -0.39 is 18.2 Å². The van der Waals surface area contributed by atoms with E-state index in [1.165, 1.54) is 0 Å². The van der Waals surface area contributed by atoms with Crippen molar-refractivity contribution in [3.05, 3.63) is 36.0 Å². The van der Waals surface area contributed by atoms with Crippen LogP contribution in [-0.2, 0) is 10.2 Å². The lowest BCUT2D eigenvalue weighted by atomic mass is 9.92. The number of pyridine rings is 1. The van der Waals surface area contributed by atoms with Crippen molar-refractivity contribution in [2.24, 2.45) is 11.3 Å². The van der Waals surface area contributed by atoms with Crippen molar-refractivity contribution in [3.8, 4) is 6.07 Å². The van der Waals surface area contributed by atoms with Crippen molar-refractivity contribution >= 4 is 22.5 Å². The van der Waals surface area contributed by atoms with E-state index in [4.69, 9.17) is 0 Å². The van der Waals surface area contributed by atoms with Crippen LogP contribution in [0.4, 0.5) is 10.2 Å². The zero-order valence-corrected chi connectivity index (χ0v) is 14.8. The number of rotatable bonds is 3. The average molecular weight is 365 g/mol. The number of hydrogen-bond acceptors (Lipinski definition) is 4. The second-order valence-electron chi connectivity index (χ2n) is 8.35. The molecule has 4 atom stereocenters. The number of benzene rings is 1. The van der Waals surface area contributed by atoms with Gasteiger partial charge in [-0.2, -0.15) is 5.26 Å². The van der Waals surface area contributed by atoms with E-state index in [0.29, 0.717) is 5.82 Å². The van der Waals surface area contributed by atoms with Gasteiger partial charge in [-0.25, -0.2) is 9.37 Å². The van der Waals surface area contributed by atoms with E-state index in [-0.39, 0.29) is 29.6 Å². The largest absolute Gasteiger partial charge is 0.390 e. The molecule has 0 radical (unpaired) electrons. The third kappa shape index (κ3) is 2.45. The molecular formula is C21H20FN3O2. The zero-order chi connectivity index (χ0) is 18.8. The summed E-state index contributed by atoms with van der Waals surface area (Å²) in [6, 6.07) is 10.3. The van der Waals surface area contributed by atoms with Gasteiger partial charge in [-0.3, -0.25) is 4.79 Å². The number of amides is 1. The highest BCUT2D eigenvalue weighted by Crippen LogP contribution is 2.78. The van der Waals surface area contributed by atoms with Crippen molar-refractivity contribution in [2.45, 2.75) is 49.8 Å². The fourth-order valence-electron chi connectivity index (χ4n) is 4.73. The van der Waals surface area contributed by atoms with E-state index in [1.807, 2.05) is 18.2 Å². The van der Waals surface area contributed by atoms with Gasteiger partial charge in [0.2, 0.25) is 5.91 Å². The lowest BCUT2D eigenvalue weighted by Crippen LogP contribution is -2.21. The van der Waals surface area contributed by atoms with E-state index in [0.717, 1.165) is 35.6 Å². The van der Waals surface area contributed by atoms with Crippen LogP contribution in [-0.4, -0.2) is 28.3 Å². The molecule has 3 saturated carbocycles. The molecule has 2 N–H and O–H groups in total. The number of aliphatic hydroxyl groups excluding tert-OH is 1. The van der Waals surface area contributed by atoms with Gasteiger partial charge in [-0.1, -0.05) is 12.1 Å². The summed E-state index contributed by atoms with van der Waals surface area (Å²) >= 11 is 0. The number of aliphatic hydroxyl groups is 1. The minimum absolute atomic E-state index is 0.0392. The number of carbonyl (C=O) groups is 1. The minimum Gasteiger partial charge on any atom is -0.390 e. The molecule has 3 aliphatic carbocycles. The van der Waals surface area contributed by atoms with Crippen LogP contribution >= 0.6 is 0 Å². The van der Waals surface area contributed by atoms with Crippen molar-refractivity contribution in [2.75, 3.05) is 5.32 Å². The molecule has 5 rings (SSSR count). The van der Waals surface area contributed by atoms with Crippen molar-refractivity contribution in [1.29, 1.82) is 5.26 Å². The molecule has 1 heterocycles. The predicted octanol–water partition coefficient (Wildman–Crippen LogP) is 3.23. The van der Waals surface area contributed by atoms with Gasteiger partial charge >= 0.3 is 0 Å². The Kier molecular flexibility index (Phi) is 3.38. The standard InChI is InChI=1S/C21H20FN3O2/c22-16-6-14(7-17(16)26)19(27)25-18-8-13-5-15(2-1-12(13)9-24-18)21(11-23)10-20(21)3-4-20/h1-2,5,8-9,14,16-17,26H,3-4,6-7,10H2,(H,24,25,27)/t14-,16+,17+,21+/m0/s1. The summed E-state index contributed by atoms with van der Waals surface area (Å²) in [7, 11) is 0. The number of halogens is 1. The number of fused-ring (bicyclic) bond motifs is 1. The molecule has 0 bridgehead atoms. The van der Waals surface area contributed by atoms with E-state index >= 15 is 0 Å². The van der Waals surface area contributed by atoms with Crippen LogP contribution < -0.4 is 5.32 Å². The van der Waals surface area contributed by atoms with Gasteiger partial charge in [0.25, 0.3) is 0 Å². The first-order valence-corrected chi connectivity index (χ1v) is 9.41. The number of aromatic nitrogens is 1. The molecule has 3 aliphatic rings. The average Bonchev–Trinajstić information content (AvgIpc) is 3.55. The van der Waals surface area contributed by atoms with Gasteiger partial charge in [0.15, 0.2) is 0 Å². The van der Waals surface area contributed by atoms with Crippen molar-refractivity contribution in [3.63, 3.8) is 0 Å². The lowest BCUT2D eigenvalue weighted by molar-refractivity contribution is -0.120. The topological polar surface area (TPSA) is 86.0 Å². The third-order valence-electron chi connectivity index (χ3n) is 6.72. The minimum atomic E-state index is -1.34. The maximum absolute atomic E-state index is 13.5. The first-order chi connectivity index (χ1) is 13.0. The first-order valence-electron chi connectivity index (χ1n) is 9.41. The fraction of sp³-hybridized carbons (Fsp3) is 0.476. The number of nitrogens with zero attached hydrogens (tertiary/aromatic N) is 2. The van der Waals surface area contributed by atoms with Crippen molar-refractivity contribution in [1.82, 2.24) is 4.98 Å². The highest BCUT2D eigenvalue weighted by Gasteiger charge is 2.75. The molecule has 1 aromatic carbocycles. The first kappa shape index (κ1) is 16.6. The molecule has 2 aromatic rings. The molecule has 3 fully saturated rings. The monoisotopic (exact) mass is 365 g/mol. The van der Waals surface area contributed by atoms with Crippen LogP contribution in [0.2, 0.25) is 0 Å². The Morgan fingerprint density at radius 2 is 2.11 bits per heavy atom. The molecule has 0 saturated heterocycles. The van der Waals surface area contributed by atoms with Crippen LogP contribution in [0.5, 0.6) is 0 Å². The quantitative estimate of drug-likeness (QED) is 0.874. The molecule has 1 amide bonds. The zero-order valence-electron chi connectivity index (χ0n) is 14.8. The SMILES string of the molecule is N#C[C@@]1(c2ccc3cnc(NC(=O)[C@@H]4C[C@@H](O)[C@H](F)C4)cc3c2)CC12CC2. The molecule has 138 valence electrons. The predicted molar refractivity (Wildman–Crippen MR) is 97.6 cm³/mol. The number of nitrogens with one attached hydrogen (secondary N) is 1. The Bertz CT molecular complexity index is 987. The van der Waals surface area contributed by atoms with Gasteiger partial charge in [0, 0.05) is 17.5 Å². The summed E-state index contributed by atoms with van der Waals surface area (Å²) in [6.07, 6.45) is 2.64. The molecule has 1 spiro atoms. The summed E-state index contributed by atoms with van der Waals surface area (Å²) < 4.78 is 13.5. The molecule has 1 aromatic heterocycles. The highest BCUT2D eigenvalue weighted by molar-refractivity contribution is 5.94. The normalized spacial score (nSPS) is 33.0. The Hall–Kier alpha value is -2.52. The number of alkyl halides is 1. The third-order valence-corrected chi connectivity index (χ3v) is 6.72. The van der Waals surface area contributed by atoms with Gasteiger partial charge in [0.05, 0.1) is 17.6 Å². The Morgan fingerprint density at radius 3 is 2.74 bits per heavy atom.